The molecule has 218 valence electrons. The molecule has 7 heteroatoms. The highest BCUT2D eigenvalue weighted by Crippen LogP contribution is 2.34. The Labute approximate surface area is 248 Å². The lowest BCUT2D eigenvalue weighted by Crippen LogP contribution is -2.23. The Morgan fingerprint density at radius 3 is 1.12 bits per heavy atom. The van der Waals surface area contributed by atoms with E-state index in [1.54, 1.807) is 12.1 Å². The van der Waals surface area contributed by atoms with E-state index in [2.05, 4.69) is 121 Å². The molecule has 0 saturated heterocycles. The molecule has 0 aliphatic rings. The summed E-state index contributed by atoms with van der Waals surface area (Å²) in [7, 11) is -4.22. The quantitative estimate of drug-likeness (QED) is 0.179. The van der Waals surface area contributed by atoms with Crippen LogP contribution >= 0.6 is 0 Å². The Bertz CT molecular complexity index is 1440. The first-order valence-electron chi connectivity index (χ1n) is 13.4. The van der Waals surface area contributed by atoms with Gasteiger partial charge in [-0.3, -0.25) is 4.55 Å². The predicted molar refractivity (Wildman–Crippen MR) is 168 cm³/mol. The minimum absolute atomic E-state index is 0.0666. The number of benzene rings is 4. The Morgan fingerprint density at radius 2 is 0.829 bits per heavy atom. The highest BCUT2D eigenvalue weighted by atomic mass is 32.2. The molecule has 0 saturated carbocycles. The van der Waals surface area contributed by atoms with E-state index in [9.17, 15) is 8.42 Å². The summed E-state index contributed by atoms with van der Waals surface area (Å²) in [6.07, 6.45) is 0. The third-order valence-corrected chi connectivity index (χ3v) is 8.64. The molecule has 4 rings (SSSR count). The second-order valence-electron chi connectivity index (χ2n) is 11.8. The van der Waals surface area contributed by atoms with E-state index < -0.39 is 10.1 Å². The standard InChI is InChI=1S/C27H33O2S.C7H8O3S/c1-20-8-14-23(15-9-20)30(24-16-10-21(11-17-24)28-26(2,3)4)25-18-12-22(13-19-25)29-27(5,6)7;1-6-2-4-7(5-3-6)11(8,9)10/h8-19H,1-7H3;2-5H,1H3,(H,8,9,10)/q+1;. The molecule has 0 amide bonds. The van der Waals surface area contributed by atoms with Crippen molar-refractivity contribution in [1.82, 2.24) is 0 Å². The number of hydrogen-bond acceptors (Lipinski definition) is 4. The third-order valence-electron chi connectivity index (χ3n) is 5.54. The Morgan fingerprint density at radius 1 is 0.537 bits per heavy atom. The van der Waals surface area contributed by atoms with Gasteiger partial charge in [-0.2, -0.15) is 8.42 Å². The molecule has 0 aliphatic heterocycles. The van der Waals surface area contributed by atoms with Crippen LogP contribution < -0.4 is 9.47 Å². The van der Waals surface area contributed by atoms with Crippen LogP contribution in [0.4, 0.5) is 0 Å². The van der Waals surface area contributed by atoms with Gasteiger partial charge in [-0.15, -0.1) is 0 Å². The van der Waals surface area contributed by atoms with E-state index >= 15 is 0 Å². The smallest absolute Gasteiger partial charge is 0.294 e. The van der Waals surface area contributed by atoms with Gasteiger partial charge in [-0.1, -0.05) is 35.4 Å². The molecule has 41 heavy (non-hydrogen) atoms. The van der Waals surface area contributed by atoms with Crippen molar-refractivity contribution in [3.8, 4) is 11.5 Å². The first-order valence-corrected chi connectivity index (χ1v) is 16.1. The lowest BCUT2D eigenvalue weighted by molar-refractivity contribution is 0.130. The molecule has 4 aromatic rings. The fraction of sp³-hybridized carbons (Fsp3) is 0.294. The van der Waals surface area contributed by atoms with Gasteiger partial charge in [0.05, 0.1) is 15.8 Å². The molecule has 0 atom stereocenters. The van der Waals surface area contributed by atoms with Crippen LogP contribution in [0.1, 0.15) is 52.7 Å². The summed E-state index contributed by atoms with van der Waals surface area (Å²) in [6, 6.07) is 31.9. The molecule has 0 unspecified atom stereocenters. The highest BCUT2D eigenvalue weighted by Gasteiger charge is 2.29. The molecule has 0 aromatic heterocycles. The van der Waals surface area contributed by atoms with Gasteiger partial charge in [0.2, 0.25) is 0 Å². The molecule has 4 aromatic carbocycles. The van der Waals surface area contributed by atoms with Crippen LogP contribution in [0.25, 0.3) is 0 Å². The molecular weight excluding hydrogens is 553 g/mol. The molecule has 0 radical (unpaired) electrons. The van der Waals surface area contributed by atoms with Gasteiger partial charge in [-0.05, 0) is 128 Å². The summed E-state index contributed by atoms with van der Waals surface area (Å²) < 4.78 is 41.6. The average molecular weight is 594 g/mol. The van der Waals surface area contributed by atoms with Crippen molar-refractivity contribution >= 4 is 21.0 Å². The van der Waals surface area contributed by atoms with Crippen molar-refractivity contribution in [2.24, 2.45) is 0 Å². The minimum atomic E-state index is -4.02. The molecule has 0 bridgehead atoms. The summed E-state index contributed by atoms with van der Waals surface area (Å²) in [4.78, 5) is 3.77. The zero-order chi connectivity index (χ0) is 30.4. The monoisotopic (exact) mass is 593 g/mol. The van der Waals surface area contributed by atoms with Crippen molar-refractivity contribution in [1.29, 1.82) is 0 Å². The molecule has 5 nitrogen and oxygen atoms in total. The van der Waals surface area contributed by atoms with Gasteiger partial charge in [0.1, 0.15) is 22.7 Å². The third kappa shape index (κ3) is 10.6. The lowest BCUT2D eigenvalue weighted by atomic mass is 10.2. The van der Waals surface area contributed by atoms with E-state index in [1.165, 1.54) is 32.4 Å². The Balaban J connectivity index is 0.000000352. The van der Waals surface area contributed by atoms with Crippen LogP contribution in [0.2, 0.25) is 0 Å². The van der Waals surface area contributed by atoms with Crippen LogP contribution in [0, 0.1) is 13.8 Å². The normalized spacial score (nSPS) is 12.0. The molecule has 0 aliphatic carbocycles. The van der Waals surface area contributed by atoms with Crippen LogP contribution in [-0.2, 0) is 21.0 Å². The van der Waals surface area contributed by atoms with Crippen molar-refractivity contribution in [2.75, 3.05) is 0 Å². The van der Waals surface area contributed by atoms with Crippen molar-refractivity contribution in [3.05, 3.63) is 108 Å². The number of aryl methyl sites for hydroxylation is 2. The first kappa shape index (κ1) is 32.3. The van der Waals surface area contributed by atoms with E-state index in [0.29, 0.717) is 0 Å². The first-order chi connectivity index (χ1) is 19.0. The van der Waals surface area contributed by atoms with Gasteiger partial charge in [0, 0.05) is 0 Å². The van der Waals surface area contributed by atoms with Gasteiger partial charge in [0.15, 0.2) is 14.7 Å². The maximum absolute atomic E-state index is 10.5. The SMILES string of the molecule is Cc1ccc(S(=O)(=O)O)cc1.Cc1ccc([S+](c2ccc(OC(C)(C)C)cc2)c2ccc(OC(C)(C)C)cc2)cc1. The van der Waals surface area contributed by atoms with Crippen LogP contribution in [0.5, 0.6) is 11.5 Å². The number of rotatable bonds is 6. The zero-order valence-corrected chi connectivity index (χ0v) is 26.8. The Kier molecular flexibility index (Phi) is 10.3. The summed E-state index contributed by atoms with van der Waals surface area (Å²) in [5.41, 5.74) is 1.81. The lowest BCUT2D eigenvalue weighted by Gasteiger charge is -2.21. The molecule has 0 spiro atoms. The Hall–Kier alpha value is -3.26. The van der Waals surface area contributed by atoms with E-state index in [4.69, 9.17) is 14.0 Å². The maximum atomic E-state index is 10.5. The molecule has 0 fully saturated rings. The summed E-state index contributed by atoms with van der Waals surface area (Å²) >= 11 is 0. The topological polar surface area (TPSA) is 72.8 Å². The van der Waals surface area contributed by atoms with Crippen molar-refractivity contribution in [3.63, 3.8) is 0 Å². The molecule has 1 N–H and O–H groups in total. The second-order valence-corrected chi connectivity index (χ2v) is 15.2. The maximum Gasteiger partial charge on any atom is 0.294 e. The van der Waals surface area contributed by atoms with Crippen molar-refractivity contribution in [2.45, 2.75) is 86.2 Å². The fourth-order valence-corrected chi connectivity index (χ4v) is 6.31. The van der Waals surface area contributed by atoms with Crippen LogP contribution in [0.3, 0.4) is 0 Å². The average Bonchev–Trinajstić information content (AvgIpc) is 2.86. The summed E-state index contributed by atoms with van der Waals surface area (Å²) in [6.45, 7) is 16.4. The second kappa shape index (κ2) is 13.1. The van der Waals surface area contributed by atoms with Gasteiger partial charge in [0.25, 0.3) is 10.1 Å². The number of hydrogen-bond donors (Lipinski definition) is 1. The predicted octanol–water partition coefficient (Wildman–Crippen LogP) is 8.69. The van der Waals surface area contributed by atoms with E-state index in [1.807, 2.05) is 6.92 Å². The van der Waals surface area contributed by atoms with Gasteiger partial charge in [-0.25, -0.2) is 0 Å². The van der Waals surface area contributed by atoms with Crippen LogP contribution in [-0.4, -0.2) is 24.2 Å². The van der Waals surface area contributed by atoms with Gasteiger partial charge < -0.3 is 9.47 Å². The zero-order valence-electron chi connectivity index (χ0n) is 25.1. The van der Waals surface area contributed by atoms with E-state index in [-0.39, 0.29) is 27.0 Å². The largest absolute Gasteiger partial charge is 0.488 e. The molecule has 0 heterocycles. The van der Waals surface area contributed by atoms with Crippen molar-refractivity contribution < 1.29 is 22.4 Å². The summed E-state index contributed by atoms with van der Waals surface area (Å²) in [5.74, 6) is 1.79. The highest BCUT2D eigenvalue weighted by molar-refractivity contribution is 7.97. The minimum Gasteiger partial charge on any atom is -0.488 e. The fourth-order valence-electron chi connectivity index (χ4n) is 3.79. The van der Waals surface area contributed by atoms with Crippen LogP contribution in [0.15, 0.2) is 117 Å². The molecular formula is C34H41O5S2+. The van der Waals surface area contributed by atoms with Gasteiger partial charge >= 0.3 is 0 Å². The summed E-state index contributed by atoms with van der Waals surface area (Å²) in [5, 5.41) is 0. The number of ether oxygens (including phenoxy) is 2. The van der Waals surface area contributed by atoms with E-state index in [0.717, 1.165) is 17.1 Å².